The fourth-order valence-electron chi connectivity index (χ4n) is 6.20. The molecule has 2 heterocycles. The number of halogens is 1. The van der Waals surface area contributed by atoms with Gasteiger partial charge < -0.3 is 9.57 Å². The van der Waals surface area contributed by atoms with Crippen LogP contribution >= 0.6 is 11.6 Å². The Balaban J connectivity index is 1.28. The molecule has 168 valence electrons. The second kappa shape index (κ2) is 7.42. The number of carbonyl (C=O) groups is 3. The highest BCUT2D eigenvalue weighted by molar-refractivity contribution is 6.30. The third-order valence-electron chi connectivity index (χ3n) is 7.47. The van der Waals surface area contributed by atoms with Crippen molar-refractivity contribution in [1.29, 1.82) is 0 Å². The molecule has 2 bridgehead atoms. The number of anilines is 1. The van der Waals surface area contributed by atoms with Gasteiger partial charge in [0, 0.05) is 16.9 Å². The zero-order valence-corrected chi connectivity index (χ0v) is 18.6. The number of nitrogens with zero attached hydrogens (tertiary/aromatic N) is 2. The lowest BCUT2D eigenvalue weighted by molar-refractivity contribution is -0.125. The van der Waals surface area contributed by atoms with E-state index >= 15 is 0 Å². The average Bonchev–Trinajstić information content (AvgIpc) is 3.55. The first kappa shape index (κ1) is 20.4. The zero-order valence-electron chi connectivity index (χ0n) is 17.8. The molecule has 0 radical (unpaired) electrons. The Kier molecular flexibility index (Phi) is 4.59. The number of ether oxygens (including phenoxy) is 1. The molecule has 0 unspecified atom stereocenters. The molecule has 4 aliphatic rings. The van der Waals surface area contributed by atoms with Crippen molar-refractivity contribution in [3.63, 3.8) is 0 Å². The maximum Gasteiger partial charge on any atom is 0.338 e. The molecule has 0 aromatic heterocycles. The average molecular weight is 465 g/mol. The predicted octanol–water partition coefficient (Wildman–Crippen LogP) is 3.69. The molecule has 0 N–H and O–H groups in total. The van der Waals surface area contributed by atoms with Crippen molar-refractivity contribution in [2.75, 3.05) is 11.5 Å². The summed E-state index contributed by atoms with van der Waals surface area (Å²) >= 11 is 6.03. The zero-order chi connectivity index (χ0) is 22.9. The van der Waals surface area contributed by atoms with Crippen molar-refractivity contribution >= 4 is 40.8 Å². The molecule has 2 aromatic carbocycles. The molecule has 3 fully saturated rings. The van der Waals surface area contributed by atoms with E-state index in [0.717, 1.165) is 17.7 Å². The number of amides is 2. The maximum absolute atomic E-state index is 13.5. The van der Waals surface area contributed by atoms with Crippen molar-refractivity contribution in [3.8, 4) is 0 Å². The molecule has 33 heavy (non-hydrogen) atoms. The first-order chi connectivity index (χ1) is 16.0. The van der Waals surface area contributed by atoms with E-state index in [2.05, 4.69) is 5.16 Å². The fraction of sp³-hybridized carbons (Fsp3) is 0.360. The lowest BCUT2D eigenvalue weighted by Gasteiger charge is -2.29. The minimum atomic E-state index is -0.433. The number of carbonyl (C=O) groups excluding carboxylic acids is 3. The Morgan fingerprint density at radius 2 is 1.70 bits per heavy atom. The van der Waals surface area contributed by atoms with E-state index in [1.165, 1.54) is 4.90 Å². The highest BCUT2D eigenvalue weighted by Gasteiger charge is 2.70. The molecule has 7 nitrogen and oxygen atoms in total. The first-order valence-corrected chi connectivity index (χ1v) is 11.5. The van der Waals surface area contributed by atoms with Gasteiger partial charge in [0.15, 0.2) is 0 Å². The Morgan fingerprint density at radius 1 is 1.03 bits per heavy atom. The van der Waals surface area contributed by atoms with Gasteiger partial charge in [-0.25, -0.2) is 4.79 Å². The molecule has 2 aromatic rings. The SMILES string of the molecule is CCOC(=O)c1ccc(N2C(=O)[C@@H]3[C@H]4C[C@@H]([C@@H]5C(c6ccc(Cl)cc6)=NO[C@H]45)[C@@H]3C2=O)cc1. The normalized spacial score (nSPS) is 31.3. The second-order valence-corrected chi connectivity index (χ2v) is 9.41. The van der Waals surface area contributed by atoms with Gasteiger partial charge in [0.05, 0.1) is 35.4 Å². The largest absolute Gasteiger partial charge is 0.462 e. The molecular weight excluding hydrogens is 444 g/mol. The van der Waals surface area contributed by atoms with E-state index < -0.39 is 11.9 Å². The van der Waals surface area contributed by atoms with Gasteiger partial charge in [-0.15, -0.1) is 0 Å². The molecule has 2 aliphatic heterocycles. The van der Waals surface area contributed by atoms with Crippen LogP contribution in [0.4, 0.5) is 5.69 Å². The van der Waals surface area contributed by atoms with Gasteiger partial charge in [-0.2, -0.15) is 0 Å². The van der Waals surface area contributed by atoms with Gasteiger partial charge in [-0.05, 0) is 61.2 Å². The summed E-state index contributed by atoms with van der Waals surface area (Å²) in [5.41, 5.74) is 2.62. The van der Waals surface area contributed by atoms with Crippen molar-refractivity contribution in [3.05, 3.63) is 64.7 Å². The molecule has 2 aliphatic carbocycles. The summed E-state index contributed by atoms with van der Waals surface area (Å²) in [4.78, 5) is 45.9. The lowest BCUT2D eigenvalue weighted by atomic mass is 9.71. The number of imide groups is 1. The summed E-state index contributed by atoms with van der Waals surface area (Å²) in [7, 11) is 0. The Bertz CT molecular complexity index is 1190. The predicted molar refractivity (Wildman–Crippen MR) is 120 cm³/mol. The number of rotatable bonds is 4. The van der Waals surface area contributed by atoms with Crippen LogP contribution in [0.3, 0.4) is 0 Å². The molecule has 2 amide bonds. The van der Waals surface area contributed by atoms with Gasteiger partial charge >= 0.3 is 5.97 Å². The van der Waals surface area contributed by atoms with Crippen LogP contribution in [-0.2, 0) is 19.2 Å². The van der Waals surface area contributed by atoms with Crippen molar-refractivity contribution in [2.45, 2.75) is 19.4 Å². The number of hydrogen-bond acceptors (Lipinski definition) is 6. The van der Waals surface area contributed by atoms with Gasteiger partial charge in [0.1, 0.15) is 6.10 Å². The standard InChI is InChI=1S/C25H21ClN2O5/c1-2-32-25(31)13-5-9-15(10-6-13)28-23(29)18-16-11-17(19(18)24(28)30)22-20(16)21(27-33-22)12-3-7-14(26)8-4-12/h3-10,16-20,22H,2,11H2,1H3/t16-,17-,18+,19-,20-,22-/m1/s1. The molecule has 6 atom stereocenters. The first-order valence-electron chi connectivity index (χ1n) is 11.1. The molecule has 0 spiro atoms. The fourth-order valence-corrected chi connectivity index (χ4v) is 6.33. The quantitative estimate of drug-likeness (QED) is 0.509. The van der Waals surface area contributed by atoms with E-state index in [-0.39, 0.29) is 48.2 Å². The van der Waals surface area contributed by atoms with E-state index in [9.17, 15) is 14.4 Å². The van der Waals surface area contributed by atoms with Crippen molar-refractivity contribution < 1.29 is 24.0 Å². The number of hydrogen-bond donors (Lipinski definition) is 0. The summed E-state index contributed by atoms with van der Waals surface area (Å²) in [6.45, 7) is 2.02. The van der Waals surface area contributed by atoms with E-state index in [0.29, 0.717) is 16.3 Å². The highest BCUT2D eigenvalue weighted by atomic mass is 35.5. The Labute approximate surface area is 195 Å². The minimum Gasteiger partial charge on any atom is -0.462 e. The smallest absolute Gasteiger partial charge is 0.338 e. The van der Waals surface area contributed by atoms with Crippen LogP contribution in [0, 0.1) is 29.6 Å². The molecule has 1 saturated heterocycles. The number of oxime groups is 1. The lowest BCUT2D eigenvalue weighted by Crippen LogP contribution is -2.41. The van der Waals surface area contributed by atoms with Gasteiger partial charge in [0.2, 0.25) is 11.8 Å². The van der Waals surface area contributed by atoms with Crippen LogP contribution in [0.25, 0.3) is 0 Å². The molecule has 6 rings (SSSR count). The summed E-state index contributed by atoms with van der Waals surface area (Å²) in [6, 6.07) is 13.9. The summed E-state index contributed by atoms with van der Waals surface area (Å²) < 4.78 is 5.01. The minimum absolute atomic E-state index is 0.00202. The number of fused-ring (bicyclic) bond motifs is 8. The van der Waals surface area contributed by atoms with E-state index in [1.807, 2.05) is 24.3 Å². The van der Waals surface area contributed by atoms with Crippen LogP contribution in [0.5, 0.6) is 0 Å². The second-order valence-electron chi connectivity index (χ2n) is 8.97. The summed E-state index contributed by atoms with van der Waals surface area (Å²) in [5, 5.41) is 4.99. The Hall–Kier alpha value is -3.19. The third kappa shape index (κ3) is 2.88. The third-order valence-corrected chi connectivity index (χ3v) is 7.72. The number of benzene rings is 2. The Morgan fingerprint density at radius 3 is 2.36 bits per heavy atom. The van der Waals surface area contributed by atoms with Gasteiger partial charge in [-0.1, -0.05) is 28.9 Å². The highest BCUT2D eigenvalue weighted by Crippen LogP contribution is 2.62. The van der Waals surface area contributed by atoms with Crippen molar-refractivity contribution in [2.24, 2.45) is 34.7 Å². The van der Waals surface area contributed by atoms with Crippen LogP contribution in [0.15, 0.2) is 53.7 Å². The number of esters is 1. The monoisotopic (exact) mass is 464 g/mol. The topological polar surface area (TPSA) is 85.3 Å². The van der Waals surface area contributed by atoms with E-state index in [4.69, 9.17) is 21.2 Å². The van der Waals surface area contributed by atoms with Crippen molar-refractivity contribution in [1.82, 2.24) is 0 Å². The summed E-state index contributed by atoms with van der Waals surface area (Å²) in [5.74, 6) is -1.63. The molecule has 2 saturated carbocycles. The van der Waals surface area contributed by atoms with Crippen LogP contribution in [-0.4, -0.2) is 36.2 Å². The van der Waals surface area contributed by atoms with E-state index in [1.54, 1.807) is 31.2 Å². The summed E-state index contributed by atoms with van der Waals surface area (Å²) in [6.07, 6.45) is 0.592. The van der Waals surface area contributed by atoms with Gasteiger partial charge in [-0.3, -0.25) is 14.5 Å². The molecular formula is C25H21ClN2O5. The van der Waals surface area contributed by atoms with Gasteiger partial charge in [0.25, 0.3) is 0 Å². The van der Waals surface area contributed by atoms with Crippen LogP contribution in [0.2, 0.25) is 5.02 Å². The van der Waals surface area contributed by atoms with Crippen LogP contribution < -0.4 is 4.90 Å². The van der Waals surface area contributed by atoms with Crippen LogP contribution in [0.1, 0.15) is 29.3 Å². The molecule has 8 heteroatoms. The maximum atomic E-state index is 13.5.